The van der Waals surface area contributed by atoms with Gasteiger partial charge in [0.1, 0.15) is 98.7 Å². The Morgan fingerprint density at radius 2 is 1.31 bits per heavy atom. The van der Waals surface area contributed by atoms with E-state index in [1.165, 1.54) is 26.1 Å². The molecule has 8 aromatic rings. The first-order chi connectivity index (χ1) is 58.4. The molecule has 2 saturated heterocycles. The summed E-state index contributed by atoms with van der Waals surface area (Å²) in [6.07, 6.45) is -18.7. The second kappa shape index (κ2) is 37.9. The van der Waals surface area contributed by atoms with Gasteiger partial charge in [0.05, 0.1) is 34.7 Å². The number of alkyl halides is 1. The number of likely N-dealkylation sites (N-methyl/N-ethyl adjacent to an activating group) is 1. The van der Waals surface area contributed by atoms with Gasteiger partial charge in [-0.2, -0.15) is 4.98 Å². The zero-order valence-electron chi connectivity index (χ0n) is 65.6. The standard InChI is InChI=1S/C82H84Cl3IN12O24S/c1-32(2)20-48(88-5)73(109)94-63-65(103)39-13-18-52(46(84)22-39)118-54-24-41-25-55(69(54)122-80-70(68(106)67(105)56(120-80)31-123-81-96-72(108)33(3)97-98-81)121-58-29-82(86,71(107)34(4)117-58)89-30-35-6-8-36(9-7-35)37-10-15-42(83)16-11-37)119-53-19-14-40(23-47(53)85)66(104)64-78(114)93-62(79(115)116)45-26-43(99)27-51(101)59(45)44-21-38(12-17-50(44)100)60(75(111)95-64)92-76(112)61(41)91-74(110)49(28-57(87)102)90-77(63)113/h6-19,21-27,32,34,48-49,56,58,60-68,70-71,80,88-89,99-101,103-107H,20,28-31H2,1-5H3,(H2,87,102)(H,90,113)(H,91,110)(H,92,112)(H,93,114)(H,94,109)(H,95,111)(H,115,116)(H,96,98,108)/t34?,48-,49?,56?,58?,60?,61?,62?,63?,64-,65?,66+,67?,68?,70?,71?,80?,82?/m0/s1. The van der Waals surface area contributed by atoms with Crippen LogP contribution in [-0.2, 0) is 59.1 Å². The van der Waals surface area contributed by atoms with Gasteiger partial charge < -0.3 is 122 Å². The number of carboxylic acids is 1. The van der Waals surface area contributed by atoms with Crippen LogP contribution < -0.4 is 62.5 Å². The van der Waals surface area contributed by atoms with Crippen LogP contribution in [-0.4, -0.2) is 203 Å². The Balaban J connectivity index is 1.00. The first-order valence-electron chi connectivity index (χ1n) is 38.3. The number of phenols is 3. The number of nitrogens with zero attached hydrogens (tertiary/aromatic N) is 3. The van der Waals surface area contributed by atoms with Crippen LogP contribution in [0.3, 0.4) is 0 Å². The number of halogens is 4. The summed E-state index contributed by atoms with van der Waals surface area (Å²) in [5, 5.41) is 146. The van der Waals surface area contributed by atoms with Crippen molar-refractivity contribution in [2.45, 2.75) is 166 Å². The first kappa shape index (κ1) is 90.2. The van der Waals surface area contributed by atoms with Gasteiger partial charge in [-0.25, -0.2) is 4.79 Å². The van der Waals surface area contributed by atoms with E-state index in [9.17, 15) is 65.4 Å². The molecule has 2 fully saturated rings. The number of phenolic OH excluding ortho intramolecular Hbond substituents is 3. The predicted octanol–water partition coefficient (Wildman–Crippen LogP) is 5.63. The summed E-state index contributed by atoms with van der Waals surface area (Å²) in [6.45, 7) is 6.84. The zero-order chi connectivity index (χ0) is 88.5. The van der Waals surface area contributed by atoms with E-state index in [2.05, 4.69) is 57.7 Å². The topological polar surface area (TPSA) is 555 Å². The van der Waals surface area contributed by atoms with Crippen molar-refractivity contribution in [2.75, 3.05) is 12.8 Å². The maximum absolute atomic E-state index is 16.4. The number of nitrogens with two attached hydrogens (primary N) is 1. The van der Waals surface area contributed by atoms with Crippen molar-refractivity contribution in [2.24, 2.45) is 11.7 Å². The number of rotatable bonds is 19. The maximum Gasteiger partial charge on any atom is 0.330 e. The van der Waals surface area contributed by atoms with E-state index in [0.717, 1.165) is 95.2 Å². The smallest absolute Gasteiger partial charge is 0.330 e. The number of aromatic hydroxyl groups is 4. The number of carbonyl (C=O) groups excluding carboxylic acids is 7. The summed E-state index contributed by atoms with van der Waals surface area (Å²) in [5.41, 5.74) is 5.59. The highest BCUT2D eigenvalue weighted by atomic mass is 127. The Bertz CT molecular complexity index is 5410. The zero-order valence-corrected chi connectivity index (χ0v) is 70.8. The van der Waals surface area contributed by atoms with E-state index in [4.69, 9.17) is 69.0 Å². The summed E-state index contributed by atoms with van der Waals surface area (Å²) in [7, 11) is 1.48. The number of thioether (sulfide) groups is 1. The molecule has 1 aromatic heterocycles. The molecule has 0 spiro atoms. The number of amides is 7. The minimum absolute atomic E-state index is 0.0708. The largest absolute Gasteiger partial charge is 0.508 e. The predicted molar refractivity (Wildman–Crippen MR) is 447 cm³/mol. The lowest BCUT2D eigenvalue weighted by Gasteiger charge is -2.47. The van der Waals surface area contributed by atoms with Gasteiger partial charge in [-0.15, -0.1) is 10.2 Å². The van der Waals surface area contributed by atoms with Crippen molar-refractivity contribution in [3.8, 4) is 74.1 Å². The van der Waals surface area contributed by atoms with Gasteiger partial charge in [-0.05, 0) is 139 Å². The van der Waals surface area contributed by atoms with E-state index in [1.54, 1.807) is 19.1 Å². The molecule has 41 heteroatoms. The summed E-state index contributed by atoms with van der Waals surface area (Å²) in [6, 6.07) is 14.2. The second-order valence-corrected chi connectivity index (χ2v) is 34.4. The fraction of sp³-hybridized carbons (Fsp3) is 0.354. The lowest BCUT2D eigenvalue weighted by molar-refractivity contribution is -0.326. The molecule has 11 bridgehead atoms. The number of fused-ring (bicyclic) bond motifs is 15. The number of aromatic nitrogens is 3. The molecule has 8 heterocycles. The lowest BCUT2D eigenvalue weighted by Crippen LogP contribution is -2.64. The van der Waals surface area contributed by atoms with Gasteiger partial charge in [0.25, 0.3) is 0 Å². The van der Waals surface area contributed by atoms with Crippen LogP contribution in [0.15, 0.2) is 133 Å². The molecule has 15 unspecified atom stereocenters. The molecule has 7 aromatic carbocycles. The SMILES string of the molecule is CN[C@@H](CC(C)C)C(=O)NC1C(=O)NC(CC(N)=O)C(=O)NC2C(=O)NC3C(=O)N[C@H](C(=O)NC(C(=O)O)c4cc(O)cc(O)c4-c4cc3ccc4O)[C@H](O)c3ccc(c(Cl)c3)Oc3cc2cc(c3OC2OC(CSc3nnc(C)c(O)n3)C(O)C(O)C2OC2CC(I)(NCc3ccc(-c4ccc(Cl)cc4)cc3)C(O)C(C)O2)Oc2ccc(cc2Cl)C1O. The first-order valence-corrected chi connectivity index (χ1v) is 41.5. The van der Waals surface area contributed by atoms with E-state index < -0.39 is 234 Å². The van der Waals surface area contributed by atoms with E-state index in [1.807, 2.05) is 72.8 Å². The third-order valence-electron chi connectivity index (χ3n) is 21.1. The van der Waals surface area contributed by atoms with Crippen molar-refractivity contribution in [1.82, 2.24) is 57.7 Å². The average Bonchev–Trinajstić information content (AvgIpc) is 0.765. The molecule has 18 atom stereocenters. The quantitative estimate of drug-likeness (QED) is 0.0202. The third-order valence-corrected chi connectivity index (χ3v) is 24.4. The van der Waals surface area contributed by atoms with E-state index >= 15 is 24.0 Å². The molecule has 7 aliphatic rings. The van der Waals surface area contributed by atoms with Gasteiger partial charge in [-0.3, -0.25) is 38.9 Å². The number of nitrogens with one attached hydrogen (secondary N) is 8. The molecule has 20 N–H and O–H groups in total. The molecule has 36 nitrogen and oxygen atoms in total. The summed E-state index contributed by atoms with van der Waals surface area (Å²) >= 11 is 23.5. The van der Waals surface area contributed by atoms with Gasteiger partial charge in [0, 0.05) is 46.5 Å². The number of aryl methyl sites for hydroxylation is 1. The number of carbonyl (C=O) groups is 8. The van der Waals surface area contributed by atoms with Crippen molar-refractivity contribution in [3.63, 3.8) is 0 Å². The van der Waals surface area contributed by atoms with Gasteiger partial charge in [0.2, 0.25) is 64.4 Å². The number of hydrogen-bond donors (Lipinski definition) is 19. The normalized spacial score (nSPS) is 26.2. The number of carboxylic acid groups (broad SMARTS) is 1. The van der Waals surface area contributed by atoms with E-state index in [0.29, 0.717) is 5.02 Å². The Hall–Kier alpha value is -10.5. The Morgan fingerprint density at radius 1 is 0.691 bits per heavy atom. The number of hydrogen-bond acceptors (Lipinski definition) is 29. The Kier molecular flexibility index (Phi) is 27.8. The number of aliphatic hydroxyl groups is 5. The minimum atomic E-state index is -2.39. The van der Waals surface area contributed by atoms with Crippen molar-refractivity contribution in [3.05, 3.63) is 182 Å². The fourth-order valence-electron chi connectivity index (χ4n) is 14.7. The third kappa shape index (κ3) is 20.1. The van der Waals surface area contributed by atoms with E-state index in [-0.39, 0.29) is 69.4 Å². The molecule has 0 radical (unpaired) electrons. The number of primary amides is 1. The molecule has 0 aliphatic carbocycles. The van der Waals surface area contributed by atoms with Crippen LogP contribution in [0.2, 0.25) is 15.1 Å². The highest BCUT2D eigenvalue weighted by molar-refractivity contribution is 14.1. The Labute approximate surface area is 733 Å². The molecule has 0 saturated carbocycles. The van der Waals surface area contributed by atoms with Crippen LogP contribution in [0.5, 0.6) is 51.9 Å². The maximum atomic E-state index is 16.4. The second-order valence-electron chi connectivity index (χ2n) is 30.3. The van der Waals surface area contributed by atoms with Crippen LogP contribution in [0.4, 0.5) is 0 Å². The summed E-state index contributed by atoms with van der Waals surface area (Å²) in [4.78, 5) is 123. The van der Waals surface area contributed by atoms with Crippen LogP contribution in [0.25, 0.3) is 22.3 Å². The van der Waals surface area contributed by atoms with Gasteiger partial charge in [0.15, 0.2) is 29.9 Å². The average molecular weight is 1890 g/mol. The number of benzene rings is 7. The summed E-state index contributed by atoms with van der Waals surface area (Å²) in [5.74, 6) is -17.0. The van der Waals surface area contributed by atoms with Gasteiger partial charge in [-0.1, -0.05) is 138 Å². The summed E-state index contributed by atoms with van der Waals surface area (Å²) < 4.78 is 39.2. The molecule has 7 amide bonds. The number of ether oxygens (including phenoxy) is 6. The monoisotopic (exact) mass is 1880 g/mol. The highest BCUT2D eigenvalue weighted by Gasteiger charge is 2.53. The van der Waals surface area contributed by atoms with Crippen LogP contribution in [0.1, 0.15) is 109 Å². The van der Waals surface area contributed by atoms with Crippen molar-refractivity contribution >= 4 is 116 Å². The molecular weight excluding hydrogens is 1800 g/mol. The molecule has 123 heavy (non-hydrogen) atoms. The fourth-order valence-corrected chi connectivity index (χ4v) is 17.1. The van der Waals surface area contributed by atoms with Crippen molar-refractivity contribution < 1.29 is 118 Å². The molecular formula is C82H84Cl3IN12O24S. The minimum Gasteiger partial charge on any atom is -0.508 e. The molecule has 15 rings (SSSR count). The molecule has 7 aliphatic heterocycles. The lowest BCUT2D eigenvalue weighted by atomic mass is 9.89. The molecule has 650 valence electrons. The Morgan fingerprint density at radius 3 is 1.93 bits per heavy atom. The number of aliphatic hydroxyl groups excluding tert-OH is 5. The van der Waals surface area contributed by atoms with Gasteiger partial charge >= 0.3 is 5.97 Å². The van der Waals surface area contributed by atoms with Crippen molar-refractivity contribution in [1.29, 1.82) is 0 Å². The van der Waals surface area contributed by atoms with Crippen LogP contribution in [0, 0.1) is 12.8 Å². The number of aliphatic carboxylic acids is 1. The van der Waals surface area contributed by atoms with Crippen LogP contribution >= 0.6 is 69.2 Å². The highest BCUT2D eigenvalue weighted by Crippen LogP contribution is 2.51.